The van der Waals surface area contributed by atoms with Crippen LogP contribution in [-0.4, -0.2) is 49.8 Å². The highest BCUT2D eigenvalue weighted by Crippen LogP contribution is 2.26. The van der Waals surface area contributed by atoms with Crippen molar-refractivity contribution in [2.45, 2.75) is 52.1 Å². The van der Waals surface area contributed by atoms with E-state index >= 15 is 0 Å². The van der Waals surface area contributed by atoms with Crippen LogP contribution in [0, 0.1) is 5.92 Å². The summed E-state index contributed by atoms with van der Waals surface area (Å²) in [6.07, 6.45) is 5.57. The van der Waals surface area contributed by atoms with E-state index in [4.69, 9.17) is 0 Å². The Morgan fingerprint density at radius 2 is 2.14 bits per heavy atom. The maximum atomic E-state index is 12.8. The van der Waals surface area contributed by atoms with Crippen molar-refractivity contribution in [3.8, 4) is 0 Å². The lowest BCUT2D eigenvalue weighted by Crippen LogP contribution is -2.53. The molecule has 0 aromatic rings. The summed E-state index contributed by atoms with van der Waals surface area (Å²) in [6, 6.07) is -0.713. The van der Waals surface area contributed by atoms with Gasteiger partial charge in [-0.25, -0.2) is 13.1 Å². The summed E-state index contributed by atoms with van der Waals surface area (Å²) in [6.45, 7) is 6.39. The third kappa shape index (κ3) is 3.95. The van der Waals surface area contributed by atoms with Crippen LogP contribution < -0.4 is 4.72 Å². The highest BCUT2D eigenvalue weighted by atomic mass is 32.2. The highest BCUT2D eigenvalue weighted by Gasteiger charge is 2.38. The Balaban J connectivity index is 2.15. The standard InChI is InChI=1S/C15H25N3O3S/c1-10(2)14(17-22(4,20)21)15(19)18-7-5-6-13(18)12-8-11(3)9-16-12/h9-10,13-14,17H,5-8H2,1-4H3/t13-,14+/m0/s1. The summed E-state index contributed by atoms with van der Waals surface area (Å²) >= 11 is 0. The maximum Gasteiger partial charge on any atom is 0.241 e. The predicted octanol–water partition coefficient (Wildman–Crippen LogP) is 1.30. The van der Waals surface area contributed by atoms with Gasteiger partial charge in [0.05, 0.1) is 12.3 Å². The number of nitrogens with one attached hydrogen (secondary N) is 1. The molecule has 7 heteroatoms. The van der Waals surface area contributed by atoms with Crippen molar-refractivity contribution in [2.24, 2.45) is 10.9 Å². The summed E-state index contributed by atoms with van der Waals surface area (Å²) < 4.78 is 25.5. The number of nitrogens with zero attached hydrogens (tertiary/aromatic N) is 2. The van der Waals surface area contributed by atoms with E-state index in [1.54, 1.807) is 4.90 Å². The number of hydrogen-bond acceptors (Lipinski definition) is 4. The molecule has 0 bridgehead atoms. The van der Waals surface area contributed by atoms with Crippen LogP contribution in [0.25, 0.3) is 0 Å². The first-order valence-electron chi connectivity index (χ1n) is 7.69. The van der Waals surface area contributed by atoms with Gasteiger partial charge >= 0.3 is 0 Å². The molecular weight excluding hydrogens is 302 g/mol. The molecule has 1 N–H and O–H groups in total. The third-order valence-electron chi connectivity index (χ3n) is 4.11. The van der Waals surface area contributed by atoms with E-state index in [0.717, 1.165) is 31.2 Å². The van der Waals surface area contributed by atoms with E-state index in [0.29, 0.717) is 6.54 Å². The third-order valence-corrected chi connectivity index (χ3v) is 4.79. The van der Waals surface area contributed by atoms with E-state index in [9.17, 15) is 13.2 Å². The first kappa shape index (κ1) is 17.1. The van der Waals surface area contributed by atoms with Crippen LogP contribution in [0.15, 0.2) is 16.8 Å². The Bertz CT molecular complexity index is 608. The summed E-state index contributed by atoms with van der Waals surface area (Å²) in [4.78, 5) is 19.1. The van der Waals surface area contributed by atoms with Gasteiger partial charge in [0.15, 0.2) is 0 Å². The number of rotatable bonds is 5. The Hall–Kier alpha value is -1.21. The normalized spacial score (nSPS) is 23.7. The highest BCUT2D eigenvalue weighted by molar-refractivity contribution is 7.88. The van der Waals surface area contributed by atoms with Crippen LogP contribution in [0.2, 0.25) is 0 Å². The van der Waals surface area contributed by atoms with E-state index in [1.807, 2.05) is 27.0 Å². The lowest BCUT2D eigenvalue weighted by atomic mass is 10.0. The molecule has 2 aliphatic heterocycles. The van der Waals surface area contributed by atoms with Crippen molar-refractivity contribution in [1.29, 1.82) is 0 Å². The van der Waals surface area contributed by atoms with E-state index < -0.39 is 16.1 Å². The van der Waals surface area contributed by atoms with Crippen molar-refractivity contribution < 1.29 is 13.2 Å². The second-order valence-electron chi connectivity index (χ2n) is 6.57. The predicted molar refractivity (Wildman–Crippen MR) is 87.1 cm³/mol. The number of allylic oxidation sites excluding steroid dienone is 1. The molecule has 1 fully saturated rings. The molecule has 2 aliphatic rings. The molecule has 2 atom stereocenters. The number of carbonyl (C=O) groups excluding carboxylic acids is 1. The number of carbonyl (C=O) groups is 1. The number of aliphatic imine (C=N–C) groups is 1. The van der Waals surface area contributed by atoms with Crippen LogP contribution in [0.3, 0.4) is 0 Å². The van der Waals surface area contributed by atoms with Crippen molar-refractivity contribution in [2.75, 3.05) is 12.8 Å². The monoisotopic (exact) mass is 327 g/mol. The number of amides is 1. The fraction of sp³-hybridized carbons (Fsp3) is 0.733. The minimum atomic E-state index is -3.43. The first-order chi connectivity index (χ1) is 10.2. The molecule has 0 aromatic carbocycles. The van der Waals surface area contributed by atoms with Crippen LogP contribution >= 0.6 is 0 Å². The molecular formula is C15H25N3O3S. The Morgan fingerprint density at radius 3 is 2.64 bits per heavy atom. The van der Waals surface area contributed by atoms with E-state index in [2.05, 4.69) is 9.71 Å². The fourth-order valence-corrected chi connectivity index (χ4v) is 3.87. The molecule has 0 unspecified atom stereocenters. The summed E-state index contributed by atoms with van der Waals surface area (Å²) in [7, 11) is -3.43. The lowest BCUT2D eigenvalue weighted by molar-refractivity contribution is -0.133. The van der Waals surface area contributed by atoms with Crippen molar-refractivity contribution in [3.63, 3.8) is 0 Å². The second-order valence-corrected chi connectivity index (χ2v) is 8.35. The minimum Gasteiger partial charge on any atom is -0.333 e. The number of likely N-dealkylation sites (tertiary alicyclic amines) is 1. The summed E-state index contributed by atoms with van der Waals surface area (Å²) in [5, 5.41) is 0. The SMILES string of the molecule is CC1=CN=C([C@@H]2CCCN2C(=O)[C@H](NS(C)(=O)=O)C(C)C)C1. The molecule has 0 saturated carbocycles. The van der Waals surface area contributed by atoms with E-state index in [1.165, 1.54) is 5.57 Å². The molecule has 2 heterocycles. The molecule has 0 radical (unpaired) electrons. The van der Waals surface area contributed by atoms with Gasteiger partial charge in [-0.3, -0.25) is 9.79 Å². The largest absolute Gasteiger partial charge is 0.333 e. The number of sulfonamides is 1. The van der Waals surface area contributed by atoms with E-state index in [-0.39, 0.29) is 17.9 Å². The summed E-state index contributed by atoms with van der Waals surface area (Å²) in [5.41, 5.74) is 2.22. The zero-order valence-corrected chi connectivity index (χ0v) is 14.5. The molecule has 2 rings (SSSR count). The molecule has 0 spiro atoms. The first-order valence-corrected chi connectivity index (χ1v) is 9.58. The topological polar surface area (TPSA) is 78.8 Å². The quantitative estimate of drug-likeness (QED) is 0.826. The Morgan fingerprint density at radius 1 is 1.45 bits per heavy atom. The fourth-order valence-electron chi connectivity index (χ4n) is 3.03. The molecule has 0 aliphatic carbocycles. The van der Waals surface area contributed by atoms with Gasteiger partial charge in [0.25, 0.3) is 0 Å². The smallest absolute Gasteiger partial charge is 0.241 e. The lowest BCUT2D eigenvalue weighted by Gasteiger charge is -2.30. The van der Waals surface area contributed by atoms with Gasteiger partial charge in [-0.2, -0.15) is 0 Å². The molecule has 1 amide bonds. The van der Waals surface area contributed by atoms with Gasteiger partial charge in [0, 0.05) is 24.9 Å². The zero-order chi connectivity index (χ0) is 16.5. The van der Waals surface area contributed by atoms with Gasteiger partial charge in [0.1, 0.15) is 6.04 Å². The molecule has 1 saturated heterocycles. The van der Waals surface area contributed by atoms with Crippen LogP contribution in [0.4, 0.5) is 0 Å². The minimum absolute atomic E-state index is 0.00353. The number of hydrogen-bond donors (Lipinski definition) is 1. The van der Waals surface area contributed by atoms with Gasteiger partial charge in [-0.05, 0) is 31.3 Å². The molecule has 124 valence electrons. The average molecular weight is 327 g/mol. The molecule has 22 heavy (non-hydrogen) atoms. The van der Waals surface area contributed by atoms with Crippen LogP contribution in [0.1, 0.15) is 40.0 Å². The van der Waals surface area contributed by atoms with Gasteiger partial charge in [0.2, 0.25) is 15.9 Å². The summed E-state index contributed by atoms with van der Waals surface area (Å²) in [5.74, 6) is -0.246. The maximum absolute atomic E-state index is 12.8. The van der Waals surface area contributed by atoms with Crippen molar-refractivity contribution in [3.05, 3.63) is 11.8 Å². The van der Waals surface area contributed by atoms with Gasteiger partial charge in [-0.15, -0.1) is 0 Å². The average Bonchev–Trinajstić information content (AvgIpc) is 3.01. The zero-order valence-electron chi connectivity index (χ0n) is 13.7. The Labute approximate surface area is 132 Å². The Kier molecular flexibility index (Phi) is 5.07. The van der Waals surface area contributed by atoms with Crippen LogP contribution in [-0.2, 0) is 14.8 Å². The van der Waals surface area contributed by atoms with Crippen LogP contribution in [0.5, 0.6) is 0 Å². The molecule has 6 nitrogen and oxygen atoms in total. The molecule has 0 aromatic heterocycles. The second kappa shape index (κ2) is 6.50. The van der Waals surface area contributed by atoms with Crippen molar-refractivity contribution in [1.82, 2.24) is 9.62 Å². The van der Waals surface area contributed by atoms with Crippen molar-refractivity contribution >= 4 is 21.6 Å². The van der Waals surface area contributed by atoms with Gasteiger partial charge in [-0.1, -0.05) is 13.8 Å². The van der Waals surface area contributed by atoms with Gasteiger partial charge < -0.3 is 4.90 Å².